The Hall–Kier alpha value is -1.42. The molecule has 1 aromatic carbocycles. The van der Waals surface area contributed by atoms with Crippen LogP contribution in [0.4, 0.5) is 0 Å². The minimum absolute atomic E-state index is 0.132. The Morgan fingerprint density at radius 2 is 1.94 bits per heavy atom. The summed E-state index contributed by atoms with van der Waals surface area (Å²) < 4.78 is 0. The van der Waals surface area contributed by atoms with Crippen LogP contribution in [0, 0.1) is 0 Å². The molecule has 98 valence electrons. The fourth-order valence-corrected chi connectivity index (χ4v) is 1.74. The molecule has 1 amide bonds. The summed E-state index contributed by atoms with van der Waals surface area (Å²) in [6.45, 7) is 4.12. The van der Waals surface area contributed by atoms with E-state index < -0.39 is 0 Å². The second-order valence-electron chi connectivity index (χ2n) is 4.50. The van der Waals surface area contributed by atoms with Crippen LogP contribution in [0.15, 0.2) is 24.3 Å². The molecule has 0 radical (unpaired) electrons. The van der Waals surface area contributed by atoms with E-state index in [0.29, 0.717) is 11.4 Å². The van der Waals surface area contributed by atoms with Crippen molar-refractivity contribution in [2.75, 3.05) is 7.05 Å². The summed E-state index contributed by atoms with van der Waals surface area (Å²) in [4.78, 5) is 14.2. The Morgan fingerprint density at radius 3 is 2.39 bits per heavy atom. The first-order valence-electron chi connectivity index (χ1n) is 6.10. The van der Waals surface area contributed by atoms with Crippen LogP contribution in [0.2, 0.25) is 0 Å². The molecule has 3 nitrogen and oxygen atoms in total. The smallest absolute Gasteiger partial charge is 0.226 e. The first kappa shape index (κ1) is 14.6. The van der Waals surface area contributed by atoms with Crippen molar-refractivity contribution in [3.63, 3.8) is 0 Å². The Bertz CT molecular complexity index is 428. The van der Waals surface area contributed by atoms with E-state index in [9.17, 15) is 4.79 Å². The van der Waals surface area contributed by atoms with Crippen molar-refractivity contribution in [1.29, 1.82) is 0 Å². The largest absolute Gasteiger partial charge is 0.389 e. The van der Waals surface area contributed by atoms with E-state index in [0.717, 1.165) is 17.5 Å². The molecule has 0 aromatic heterocycles. The van der Waals surface area contributed by atoms with Crippen LogP contribution in [0.1, 0.15) is 31.4 Å². The van der Waals surface area contributed by atoms with Crippen molar-refractivity contribution in [2.45, 2.75) is 32.7 Å². The molecular weight excluding hydrogens is 244 g/mol. The standard InChI is InChI=1S/C14H20N2OS/c1-4-10(2)16(3)13(17)9-11-5-7-12(8-6-11)14(15)18/h5-8,10H,4,9H2,1-3H3,(H2,15,18). The number of carbonyl (C=O) groups is 1. The molecule has 0 aliphatic carbocycles. The van der Waals surface area contributed by atoms with Crippen LogP contribution in [-0.2, 0) is 11.2 Å². The molecule has 2 N–H and O–H groups in total. The van der Waals surface area contributed by atoms with E-state index >= 15 is 0 Å². The van der Waals surface area contributed by atoms with Gasteiger partial charge in [-0.25, -0.2) is 0 Å². The van der Waals surface area contributed by atoms with Crippen molar-refractivity contribution < 1.29 is 4.79 Å². The zero-order valence-electron chi connectivity index (χ0n) is 11.1. The number of hydrogen-bond donors (Lipinski definition) is 1. The molecule has 0 saturated heterocycles. The highest BCUT2D eigenvalue weighted by molar-refractivity contribution is 7.80. The molecule has 0 spiro atoms. The lowest BCUT2D eigenvalue weighted by atomic mass is 10.1. The van der Waals surface area contributed by atoms with Gasteiger partial charge in [0.15, 0.2) is 0 Å². The average molecular weight is 264 g/mol. The summed E-state index contributed by atoms with van der Waals surface area (Å²) >= 11 is 4.89. The van der Waals surface area contributed by atoms with Crippen LogP contribution in [0.25, 0.3) is 0 Å². The Labute approximate surface area is 114 Å². The maximum absolute atomic E-state index is 12.0. The third kappa shape index (κ3) is 3.81. The van der Waals surface area contributed by atoms with Gasteiger partial charge in [0.1, 0.15) is 4.99 Å². The van der Waals surface area contributed by atoms with Gasteiger partial charge in [0.25, 0.3) is 0 Å². The number of nitrogens with two attached hydrogens (primary N) is 1. The molecule has 0 heterocycles. The Kier molecular flexibility index (Phi) is 5.28. The van der Waals surface area contributed by atoms with Gasteiger partial charge in [-0.3, -0.25) is 4.79 Å². The second-order valence-corrected chi connectivity index (χ2v) is 4.94. The van der Waals surface area contributed by atoms with Gasteiger partial charge < -0.3 is 10.6 Å². The molecule has 18 heavy (non-hydrogen) atoms. The maximum Gasteiger partial charge on any atom is 0.226 e. The molecule has 0 fully saturated rings. The maximum atomic E-state index is 12.0. The van der Waals surface area contributed by atoms with Crippen molar-refractivity contribution >= 4 is 23.1 Å². The topological polar surface area (TPSA) is 46.3 Å². The lowest BCUT2D eigenvalue weighted by molar-refractivity contribution is -0.130. The van der Waals surface area contributed by atoms with Gasteiger partial charge in [0, 0.05) is 18.7 Å². The van der Waals surface area contributed by atoms with E-state index in [1.807, 2.05) is 38.2 Å². The fraction of sp³-hybridized carbons (Fsp3) is 0.429. The highest BCUT2D eigenvalue weighted by atomic mass is 32.1. The lowest BCUT2D eigenvalue weighted by Crippen LogP contribution is -2.35. The van der Waals surface area contributed by atoms with Crippen LogP contribution < -0.4 is 5.73 Å². The van der Waals surface area contributed by atoms with Gasteiger partial charge in [-0.2, -0.15) is 0 Å². The zero-order chi connectivity index (χ0) is 13.7. The first-order valence-corrected chi connectivity index (χ1v) is 6.51. The highest BCUT2D eigenvalue weighted by Crippen LogP contribution is 2.08. The van der Waals surface area contributed by atoms with Crippen LogP contribution >= 0.6 is 12.2 Å². The number of nitrogens with zero attached hydrogens (tertiary/aromatic N) is 1. The molecule has 0 aliphatic rings. The molecule has 1 atom stereocenters. The van der Waals surface area contributed by atoms with E-state index in [1.165, 1.54) is 0 Å². The van der Waals surface area contributed by atoms with Crippen molar-refractivity contribution in [3.05, 3.63) is 35.4 Å². The normalized spacial score (nSPS) is 11.9. The molecule has 0 bridgehead atoms. The monoisotopic (exact) mass is 264 g/mol. The van der Waals surface area contributed by atoms with Gasteiger partial charge in [-0.1, -0.05) is 43.4 Å². The molecule has 4 heteroatoms. The van der Waals surface area contributed by atoms with Crippen LogP contribution in [0.3, 0.4) is 0 Å². The second kappa shape index (κ2) is 6.50. The molecule has 0 saturated carbocycles. The predicted molar refractivity (Wildman–Crippen MR) is 78.6 cm³/mol. The third-order valence-corrected chi connectivity index (χ3v) is 3.47. The minimum Gasteiger partial charge on any atom is -0.389 e. The van der Waals surface area contributed by atoms with Crippen molar-refractivity contribution in [3.8, 4) is 0 Å². The van der Waals surface area contributed by atoms with E-state index in [-0.39, 0.29) is 11.9 Å². The first-order chi connectivity index (χ1) is 8.45. The van der Waals surface area contributed by atoms with Crippen LogP contribution in [-0.4, -0.2) is 28.9 Å². The number of likely N-dealkylation sites (N-methyl/N-ethyl adjacent to an activating group) is 1. The molecule has 0 aliphatic heterocycles. The molecule has 1 aromatic rings. The summed E-state index contributed by atoms with van der Waals surface area (Å²) in [5.74, 6) is 0.132. The number of carbonyl (C=O) groups excluding carboxylic acids is 1. The summed E-state index contributed by atoms with van der Waals surface area (Å²) in [5, 5.41) is 0. The molecular formula is C14H20N2OS. The summed E-state index contributed by atoms with van der Waals surface area (Å²) in [6, 6.07) is 7.78. The average Bonchev–Trinajstić information content (AvgIpc) is 2.37. The highest BCUT2D eigenvalue weighted by Gasteiger charge is 2.14. The number of benzene rings is 1. The van der Waals surface area contributed by atoms with Gasteiger partial charge in [-0.15, -0.1) is 0 Å². The van der Waals surface area contributed by atoms with Crippen LogP contribution in [0.5, 0.6) is 0 Å². The van der Waals surface area contributed by atoms with Gasteiger partial charge in [-0.05, 0) is 18.9 Å². The number of thiocarbonyl (C=S) groups is 1. The number of amides is 1. The Balaban J connectivity index is 2.67. The summed E-state index contributed by atoms with van der Waals surface area (Å²) in [7, 11) is 1.85. The Morgan fingerprint density at radius 1 is 1.39 bits per heavy atom. The zero-order valence-corrected chi connectivity index (χ0v) is 12.0. The van der Waals surface area contributed by atoms with Gasteiger partial charge >= 0.3 is 0 Å². The van der Waals surface area contributed by atoms with Crippen molar-refractivity contribution in [1.82, 2.24) is 4.90 Å². The lowest BCUT2D eigenvalue weighted by Gasteiger charge is -2.23. The third-order valence-electron chi connectivity index (χ3n) is 3.24. The number of hydrogen-bond acceptors (Lipinski definition) is 2. The predicted octanol–water partition coefficient (Wildman–Crippen LogP) is 2.12. The molecule has 1 unspecified atom stereocenters. The van der Waals surface area contributed by atoms with Gasteiger partial charge in [0.05, 0.1) is 6.42 Å². The van der Waals surface area contributed by atoms with E-state index in [2.05, 4.69) is 6.92 Å². The van der Waals surface area contributed by atoms with E-state index in [1.54, 1.807) is 4.90 Å². The summed E-state index contributed by atoms with van der Waals surface area (Å²) in [5.41, 5.74) is 7.34. The number of rotatable bonds is 5. The molecule has 1 rings (SSSR count). The summed E-state index contributed by atoms with van der Waals surface area (Å²) in [6.07, 6.45) is 1.38. The van der Waals surface area contributed by atoms with Crippen molar-refractivity contribution in [2.24, 2.45) is 5.73 Å². The minimum atomic E-state index is 0.132. The quantitative estimate of drug-likeness (QED) is 0.829. The van der Waals surface area contributed by atoms with Gasteiger partial charge in [0.2, 0.25) is 5.91 Å². The fourth-order valence-electron chi connectivity index (χ4n) is 1.61. The van der Waals surface area contributed by atoms with E-state index in [4.69, 9.17) is 18.0 Å². The SMILES string of the molecule is CCC(C)N(C)C(=O)Cc1ccc(C(N)=S)cc1.